The summed E-state index contributed by atoms with van der Waals surface area (Å²) >= 11 is 0. The Hall–Kier alpha value is -1.58. The number of allylic oxidation sites excluding steroid dienone is 2. The van der Waals surface area contributed by atoms with Crippen LogP contribution in [0.1, 0.15) is 38.5 Å². The minimum atomic E-state index is -1.18. The van der Waals surface area contributed by atoms with Crippen LogP contribution in [0.5, 0.6) is 0 Å². The first kappa shape index (κ1) is 15.3. The van der Waals surface area contributed by atoms with E-state index < -0.39 is 11.4 Å². The highest BCUT2D eigenvalue weighted by molar-refractivity contribution is 6.13. The van der Waals surface area contributed by atoms with Crippen molar-refractivity contribution in [1.82, 2.24) is 0 Å². The lowest BCUT2D eigenvalue weighted by Crippen LogP contribution is -2.40. The van der Waals surface area contributed by atoms with E-state index in [1.807, 2.05) is 0 Å². The van der Waals surface area contributed by atoms with Crippen LogP contribution in [0.4, 0.5) is 0 Å². The number of hydrogen-bond acceptors (Lipinski definition) is 4. The molecule has 0 radical (unpaired) electrons. The molecule has 0 amide bonds. The van der Waals surface area contributed by atoms with Crippen LogP contribution in [0.25, 0.3) is 0 Å². The lowest BCUT2D eigenvalue weighted by Gasteiger charge is -2.32. The van der Waals surface area contributed by atoms with Crippen molar-refractivity contribution in [3.8, 4) is 0 Å². The summed E-state index contributed by atoms with van der Waals surface area (Å²) in [6.07, 6.45) is 7.94. The van der Waals surface area contributed by atoms with Crippen LogP contribution >= 0.6 is 0 Å². The van der Waals surface area contributed by atoms with E-state index in [9.17, 15) is 9.59 Å². The van der Waals surface area contributed by atoms with E-state index in [2.05, 4.69) is 6.58 Å². The van der Waals surface area contributed by atoms with Crippen LogP contribution in [0.2, 0.25) is 0 Å². The molecule has 0 aromatic carbocycles. The van der Waals surface area contributed by atoms with Gasteiger partial charge in [0.2, 0.25) is 0 Å². The summed E-state index contributed by atoms with van der Waals surface area (Å²) in [5, 5.41) is 0. The van der Waals surface area contributed by atoms with Crippen LogP contribution in [-0.4, -0.2) is 26.0 Å². The molecule has 0 aromatic rings. The lowest BCUT2D eigenvalue weighted by molar-refractivity contribution is -0.154. The van der Waals surface area contributed by atoms with Crippen molar-refractivity contribution >= 4 is 11.8 Å². The highest BCUT2D eigenvalue weighted by atomic mass is 16.5. The molecule has 2 fully saturated rings. The van der Waals surface area contributed by atoms with Gasteiger partial charge in [-0.2, -0.15) is 0 Å². The maximum Gasteiger partial charge on any atom is 0.323 e. The highest BCUT2D eigenvalue weighted by Gasteiger charge is 2.62. The largest absolute Gasteiger partial charge is 0.501 e. The summed E-state index contributed by atoms with van der Waals surface area (Å²) in [5.41, 5.74) is -0.423. The molecule has 4 heteroatoms. The lowest BCUT2D eigenvalue weighted by atomic mass is 9.72. The minimum absolute atomic E-state index is 0.0809. The van der Waals surface area contributed by atoms with Crippen molar-refractivity contribution < 1.29 is 19.1 Å². The van der Waals surface area contributed by atoms with Gasteiger partial charge in [0, 0.05) is 12.0 Å². The first-order chi connectivity index (χ1) is 10.6. The van der Waals surface area contributed by atoms with Crippen LogP contribution in [0.3, 0.4) is 0 Å². The van der Waals surface area contributed by atoms with E-state index in [0.717, 1.165) is 18.4 Å². The fraction of sp³-hybridized carbons (Fsp3) is 0.667. The molecule has 22 heavy (non-hydrogen) atoms. The summed E-state index contributed by atoms with van der Waals surface area (Å²) < 4.78 is 10.4. The number of hydrogen-bond donors (Lipinski definition) is 0. The minimum Gasteiger partial charge on any atom is -0.501 e. The van der Waals surface area contributed by atoms with Crippen LogP contribution < -0.4 is 0 Å². The number of ether oxygens (including phenoxy) is 2. The van der Waals surface area contributed by atoms with Gasteiger partial charge in [-0.25, -0.2) is 0 Å². The Balaban J connectivity index is 2.03. The summed E-state index contributed by atoms with van der Waals surface area (Å²) in [6, 6.07) is 0. The van der Waals surface area contributed by atoms with E-state index in [4.69, 9.17) is 9.47 Å². The van der Waals surface area contributed by atoms with Gasteiger partial charge in [0.1, 0.15) is 5.76 Å². The molecule has 2 saturated carbocycles. The molecule has 2 bridgehead atoms. The zero-order valence-corrected chi connectivity index (χ0v) is 13.4. The second-order valence-corrected chi connectivity index (χ2v) is 6.77. The molecule has 0 heterocycles. The molecule has 0 N–H and O–H groups in total. The number of carbonyl (C=O) groups is 2. The average Bonchev–Trinajstić information content (AvgIpc) is 2.82. The molecule has 3 aliphatic rings. The third-order valence-electron chi connectivity index (χ3n) is 5.90. The van der Waals surface area contributed by atoms with Crippen LogP contribution in [-0.2, 0) is 19.1 Å². The Morgan fingerprint density at radius 3 is 2.55 bits per heavy atom. The quantitative estimate of drug-likeness (QED) is 0.457. The smallest absolute Gasteiger partial charge is 0.323 e. The van der Waals surface area contributed by atoms with Crippen LogP contribution in [0.15, 0.2) is 24.0 Å². The fourth-order valence-corrected chi connectivity index (χ4v) is 4.82. The molecular formula is C18H24O4. The normalized spacial score (nSPS) is 35.3. The monoisotopic (exact) mass is 304 g/mol. The van der Waals surface area contributed by atoms with Gasteiger partial charge in [-0.1, -0.05) is 25.8 Å². The number of rotatable bonds is 3. The van der Waals surface area contributed by atoms with Crippen molar-refractivity contribution in [2.45, 2.75) is 38.5 Å². The van der Waals surface area contributed by atoms with Crippen LogP contribution in [0, 0.1) is 23.2 Å². The summed E-state index contributed by atoms with van der Waals surface area (Å²) in [4.78, 5) is 25.1. The van der Waals surface area contributed by atoms with E-state index in [1.165, 1.54) is 32.4 Å². The molecule has 3 aliphatic carbocycles. The number of esters is 1. The van der Waals surface area contributed by atoms with E-state index in [-0.39, 0.29) is 17.6 Å². The highest BCUT2D eigenvalue weighted by Crippen LogP contribution is 2.59. The number of ketones is 1. The Morgan fingerprint density at radius 2 is 1.95 bits per heavy atom. The second-order valence-electron chi connectivity index (χ2n) is 6.77. The zero-order chi connectivity index (χ0) is 15.9. The summed E-state index contributed by atoms with van der Waals surface area (Å²) in [5.74, 6) is 0.739. The molecule has 0 aromatic heterocycles. The molecule has 0 saturated heterocycles. The zero-order valence-electron chi connectivity index (χ0n) is 13.4. The number of fused-ring (bicyclic) bond motifs is 2. The molecule has 0 spiro atoms. The summed E-state index contributed by atoms with van der Waals surface area (Å²) in [7, 11) is 2.94. The van der Waals surface area contributed by atoms with Gasteiger partial charge in [0.25, 0.3) is 0 Å². The number of methoxy groups -OCH3 is 2. The van der Waals surface area contributed by atoms with Crippen molar-refractivity contribution in [2.24, 2.45) is 23.2 Å². The SMILES string of the molecule is C=C1[C@H](C2CCCCC2)[C@H]2C[C@]1(C(=O)OC)C(=O)C=C2OC. The predicted octanol–water partition coefficient (Wildman–Crippen LogP) is 3.03. The van der Waals surface area contributed by atoms with Gasteiger partial charge >= 0.3 is 5.97 Å². The van der Waals surface area contributed by atoms with Crippen molar-refractivity contribution in [3.05, 3.63) is 24.0 Å². The van der Waals surface area contributed by atoms with Gasteiger partial charge in [-0.05, 0) is 36.7 Å². The molecule has 120 valence electrons. The molecular weight excluding hydrogens is 280 g/mol. The van der Waals surface area contributed by atoms with Gasteiger partial charge in [-0.15, -0.1) is 0 Å². The molecule has 3 atom stereocenters. The summed E-state index contributed by atoms with van der Waals surface area (Å²) in [6.45, 7) is 4.20. The topological polar surface area (TPSA) is 52.6 Å². The third-order valence-corrected chi connectivity index (χ3v) is 5.90. The first-order valence-electron chi connectivity index (χ1n) is 8.14. The first-order valence-corrected chi connectivity index (χ1v) is 8.14. The second kappa shape index (κ2) is 5.56. The molecule has 0 unspecified atom stereocenters. The Morgan fingerprint density at radius 1 is 1.27 bits per heavy atom. The predicted molar refractivity (Wildman–Crippen MR) is 81.9 cm³/mol. The van der Waals surface area contributed by atoms with Gasteiger partial charge in [-0.3, -0.25) is 9.59 Å². The van der Waals surface area contributed by atoms with E-state index >= 15 is 0 Å². The molecule has 3 rings (SSSR count). The average molecular weight is 304 g/mol. The van der Waals surface area contributed by atoms with E-state index in [1.54, 1.807) is 7.11 Å². The molecule has 0 aliphatic heterocycles. The van der Waals surface area contributed by atoms with Crippen molar-refractivity contribution in [1.29, 1.82) is 0 Å². The standard InChI is InChI=1S/C18H24O4/c1-11-16(12-7-5-4-6-8-12)13-10-18(11,17(20)22-3)15(19)9-14(13)21-2/h9,12-13,16H,1,4-8,10H2,2-3H3/t13-,16+,18+/m0/s1. The van der Waals surface area contributed by atoms with Crippen molar-refractivity contribution in [2.75, 3.05) is 14.2 Å². The Labute approximate surface area is 131 Å². The maximum atomic E-state index is 12.7. The Bertz CT molecular complexity index is 541. The fourth-order valence-electron chi connectivity index (χ4n) is 4.82. The van der Waals surface area contributed by atoms with E-state index in [0.29, 0.717) is 18.1 Å². The van der Waals surface area contributed by atoms with Gasteiger partial charge < -0.3 is 9.47 Å². The van der Waals surface area contributed by atoms with Crippen molar-refractivity contribution in [3.63, 3.8) is 0 Å². The third kappa shape index (κ3) is 1.96. The number of carbonyl (C=O) groups excluding carboxylic acids is 2. The van der Waals surface area contributed by atoms with Gasteiger partial charge in [0.15, 0.2) is 11.2 Å². The maximum absolute atomic E-state index is 12.7. The Kier molecular flexibility index (Phi) is 3.87. The van der Waals surface area contributed by atoms with Gasteiger partial charge in [0.05, 0.1) is 14.2 Å². The molecule has 4 nitrogen and oxygen atoms in total.